The van der Waals surface area contributed by atoms with Gasteiger partial charge >= 0.3 is 5.97 Å². The number of aliphatic carboxylic acids is 1. The van der Waals surface area contributed by atoms with E-state index in [0.717, 1.165) is 6.08 Å². The SMILES string of the molecule is N/C(S)=C\C(=O)O. The Kier molecular flexibility index (Phi) is 2.29. The zero-order valence-corrected chi connectivity index (χ0v) is 4.35. The fourth-order valence-electron chi connectivity index (χ4n) is 0.127. The van der Waals surface area contributed by atoms with Crippen LogP contribution in [0.15, 0.2) is 11.1 Å². The fourth-order valence-corrected chi connectivity index (χ4v) is 0.237. The monoisotopic (exact) mass is 119 g/mol. The molecule has 0 aromatic carbocycles. The Morgan fingerprint density at radius 1 is 1.86 bits per heavy atom. The van der Waals surface area contributed by atoms with E-state index in [2.05, 4.69) is 12.6 Å². The van der Waals surface area contributed by atoms with Crippen LogP contribution >= 0.6 is 12.6 Å². The molecule has 0 spiro atoms. The van der Waals surface area contributed by atoms with Gasteiger partial charge in [-0.05, 0) is 0 Å². The molecule has 0 aromatic heterocycles. The molecule has 0 aliphatic heterocycles. The van der Waals surface area contributed by atoms with E-state index < -0.39 is 5.97 Å². The van der Waals surface area contributed by atoms with Crippen molar-refractivity contribution in [1.82, 2.24) is 0 Å². The number of carboxylic acids is 1. The molecule has 0 radical (unpaired) electrons. The number of rotatable bonds is 1. The third kappa shape index (κ3) is 5.36. The standard InChI is InChI=1S/C3H5NO2S/c4-2(7)1-3(5)6/h1,7H,4H2,(H,5,6)/b2-1+. The molecule has 0 amide bonds. The van der Waals surface area contributed by atoms with Crippen molar-refractivity contribution >= 4 is 18.6 Å². The Morgan fingerprint density at radius 3 is 2.29 bits per heavy atom. The first-order valence-electron chi connectivity index (χ1n) is 1.52. The molecule has 40 valence electrons. The van der Waals surface area contributed by atoms with E-state index in [9.17, 15) is 4.79 Å². The van der Waals surface area contributed by atoms with E-state index in [1.807, 2.05) is 0 Å². The van der Waals surface area contributed by atoms with E-state index in [4.69, 9.17) is 10.8 Å². The first-order chi connectivity index (χ1) is 3.13. The molecule has 3 N–H and O–H groups in total. The van der Waals surface area contributed by atoms with Crippen LogP contribution in [0.3, 0.4) is 0 Å². The van der Waals surface area contributed by atoms with Gasteiger partial charge in [0.2, 0.25) is 0 Å². The van der Waals surface area contributed by atoms with Crippen molar-refractivity contribution in [2.75, 3.05) is 0 Å². The maximum atomic E-state index is 9.60. The number of thiol groups is 1. The van der Waals surface area contributed by atoms with Crippen LogP contribution in [0.5, 0.6) is 0 Å². The second-order valence-corrected chi connectivity index (χ2v) is 1.42. The van der Waals surface area contributed by atoms with E-state index >= 15 is 0 Å². The van der Waals surface area contributed by atoms with Crippen molar-refractivity contribution in [3.05, 3.63) is 11.1 Å². The minimum absolute atomic E-state index is 0.00694. The quantitative estimate of drug-likeness (QED) is 0.331. The molecule has 0 aliphatic carbocycles. The highest BCUT2D eigenvalue weighted by molar-refractivity contribution is 7.84. The highest BCUT2D eigenvalue weighted by Gasteiger charge is 1.85. The summed E-state index contributed by atoms with van der Waals surface area (Å²) in [6.45, 7) is 0. The number of nitrogens with two attached hydrogens (primary N) is 1. The third-order valence-electron chi connectivity index (χ3n) is 0.271. The van der Waals surface area contributed by atoms with Crippen molar-refractivity contribution in [3.63, 3.8) is 0 Å². The van der Waals surface area contributed by atoms with Crippen molar-refractivity contribution < 1.29 is 9.90 Å². The summed E-state index contributed by atoms with van der Waals surface area (Å²) < 4.78 is 0. The molecular weight excluding hydrogens is 114 g/mol. The van der Waals surface area contributed by atoms with Crippen molar-refractivity contribution in [2.45, 2.75) is 0 Å². The maximum absolute atomic E-state index is 9.60. The lowest BCUT2D eigenvalue weighted by Crippen LogP contribution is -1.94. The maximum Gasteiger partial charge on any atom is 0.330 e. The summed E-state index contributed by atoms with van der Waals surface area (Å²) >= 11 is 3.50. The molecule has 0 heterocycles. The Labute approximate surface area is 46.2 Å². The molecule has 7 heavy (non-hydrogen) atoms. The molecule has 4 heteroatoms. The highest BCUT2D eigenvalue weighted by Crippen LogP contribution is 1.85. The summed E-state index contributed by atoms with van der Waals surface area (Å²) in [7, 11) is 0. The zero-order valence-electron chi connectivity index (χ0n) is 3.46. The molecule has 0 aliphatic rings. The van der Waals surface area contributed by atoms with Crippen LogP contribution in [0, 0.1) is 0 Å². The normalized spacial score (nSPS) is 11.3. The van der Waals surface area contributed by atoms with Gasteiger partial charge in [-0.1, -0.05) is 0 Å². The predicted molar refractivity (Wildman–Crippen MR) is 28.9 cm³/mol. The van der Waals surface area contributed by atoms with Crippen LogP contribution in [0.2, 0.25) is 0 Å². The summed E-state index contributed by atoms with van der Waals surface area (Å²) in [5.41, 5.74) is 4.84. The second kappa shape index (κ2) is 2.52. The summed E-state index contributed by atoms with van der Waals surface area (Å²) in [5.74, 6) is -1.08. The molecule has 0 unspecified atom stereocenters. The number of hydrogen-bond donors (Lipinski definition) is 3. The lowest BCUT2D eigenvalue weighted by Gasteiger charge is -1.80. The Hall–Kier alpha value is -0.640. The lowest BCUT2D eigenvalue weighted by atomic mass is 10.6. The summed E-state index contributed by atoms with van der Waals surface area (Å²) in [5, 5.41) is 7.89. The topological polar surface area (TPSA) is 63.3 Å². The molecule has 0 bridgehead atoms. The molecule has 3 nitrogen and oxygen atoms in total. The first-order valence-corrected chi connectivity index (χ1v) is 1.96. The summed E-state index contributed by atoms with van der Waals surface area (Å²) in [6, 6.07) is 0. The van der Waals surface area contributed by atoms with Gasteiger partial charge in [0.25, 0.3) is 0 Å². The minimum atomic E-state index is -1.08. The fraction of sp³-hybridized carbons (Fsp3) is 0. The van der Waals surface area contributed by atoms with Crippen molar-refractivity contribution in [2.24, 2.45) is 5.73 Å². The van der Waals surface area contributed by atoms with Gasteiger partial charge in [-0.25, -0.2) is 4.79 Å². The van der Waals surface area contributed by atoms with Crippen LogP contribution in [-0.2, 0) is 4.79 Å². The van der Waals surface area contributed by atoms with E-state index in [0.29, 0.717) is 0 Å². The van der Waals surface area contributed by atoms with Crippen molar-refractivity contribution in [3.8, 4) is 0 Å². The van der Waals surface area contributed by atoms with Gasteiger partial charge < -0.3 is 10.8 Å². The van der Waals surface area contributed by atoms with Crippen LogP contribution in [-0.4, -0.2) is 11.1 Å². The van der Waals surface area contributed by atoms with Crippen LogP contribution in [0.25, 0.3) is 0 Å². The van der Waals surface area contributed by atoms with Gasteiger partial charge in [-0.2, -0.15) is 0 Å². The minimum Gasteiger partial charge on any atom is -0.478 e. The number of carbonyl (C=O) groups is 1. The second-order valence-electron chi connectivity index (χ2n) is 0.907. The van der Waals surface area contributed by atoms with Crippen LogP contribution in [0.1, 0.15) is 0 Å². The zero-order chi connectivity index (χ0) is 5.86. The van der Waals surface area contributed by atoms with Crippen LogP contribution in [0.4, 0.5) is 0 Å². The molecular formula is C3H5NO2S. The average Bonchev–Trinajstić information content (AvgIpc) is 1.27. The van der Waals surface area contributed by atoms with Gasteiger partial charge in [0.1, 0.15) is 0 Å². The largest absolute Gasteiger partial charge is 0.478 e. The molecule has 0 rings (SSSR count). The van der Waals surface area contributed by atoms with Gasteiger partial charge in [-0.15, -0.1) is 12.6 Å². The highest BCUT2D eigenvalue weighted by atomic mass is 32.1. The summed E-state index contributed by atoms with van der Waals surface area (Å²) in [4.78, 5) is 9.60. The van der Waals surface area contributed by atoms with Crippen LogP contribution < -0.4 is 5.73 Å². The van der Waals surface area contributed by atoms with Crippen molar-refractivity contribution in [1.29, 1.82) is 0 Å². The molecule has 0 fully saturated rings. The van der Waals surface area contributed by atoms with Gasteiger partial charge in [-0.3, -0.25) is 0 Å². The van der Waals surface area contributed by atoms with Gasteiger partial charge in [0, 0.05) is 0 Å². The lowest BCUT2D eigenvalue weighted by molar-refractivity contribution is -0.131. The van der Waals surface area contributed by atoms with E-state index in [1.165, 1.54) is 0 Å². The Balaban J connectivity index is 3.68. The first kappa shape index (κ1) is 6.36. The third-order valence-corrected chi connectivity index (χ3v) is 0.400. The number of carboxylic acid groups (broad SMARTS) is 1. The number of hydrogen-bond acceptors (Lipinski definition) is 3. The predicted octanol–water partition coefficient (Wildman–Crippen LogP) is -0.199. The summed E-state index contributed by atoms with van der Waals surface area (Å²) in [6.07, 6.45) is 0.809. The average molecular weight is 119 g/mol. The molecule has 0 aromatic rings. The molecule has 0 saturated carbocycles. The van der Waals surface area contributed by atoms with E-state index in [-0.39, 0.29) is 5.03 Å². The molecule has 0 atom stereocenters. The smallest absolute Gasteiger partial charge is 0.330 e. The van der Waals surface area contributed by atoms with Gasteiger partial charge in [0.15, 0.2) is 0 Å². The Bertz CT molecular complexity index is 106. The molecule has 0 saturated heterocycles. The Morgan fingerprint density at radius 2 is 2.29 bits per heavy atom. The van der Waals surface area contributed by atoms with Gasteiger partial charge in [0.05, 0.1) is 11.1 Å². The van der Waals surface area contributed by atoms with E-state index in [1.54, 1.807) is 0 Å².